The number of alkyl halides is 3. The highest BCUT2D eigenvalue weighted by molar-refractivity contribution is 5.94. The van der Waals surface area contributed by atoms with Crippen molar-refractivity contribution in [3.05, 3.63) is 78.0 Å². The van der Waals surface area contributed by atoms with Crippen LogP contribution in [0, 0.1) is 5.82 Å². The number of rotatable bonds is 5. The van der Waals surface area contributed by atoms with Gasteiger partial charge in [-0.05, 0) is 47.4 Å². The van der Waals surface area contributed by atoms with Crippen LogP contribution in [-0.2, 0) is 12.1 Å². The van der Waals surface area contributed by atoms with Crippen LogP contribution in [0.1, 0.15) is 24.6 Å². The summed E-state index contributed by atoms with van der Waals surface area (Å²) in [7, 11) is 0. The third-order valence-corrected chi connectivity index (χ3v) is 5.25. The fourth-order valence-corrected chi connectivity index (χ4v) is 3.45. The van der Waals surface area contributed by atoms with Crippen molar-refractivity contribution in [2.75, 3.05) is 0 Å². The molecule has 9 heteroatoms. The minimum Gasteiger partial charge on any atom is -0.375 e. The molecule has 4 rings (SSSR count). The van der Waals surface area contributed by atoms with Crippen molar-refractivity contribution in [2.24, 2.45) is 0 Å². The molecule has 0 radical (unpaired) electrons. The maximum atomic E-state index is 13.2. The maximum absolute atomic E-state index is 13.2. The largest absolute Gasteiger partial charge is 0.423 e. The number of benzene rings is 2. The zero-order valence-corrected chi connectivity index (χ0v) is 16.4. The van der Waals surface area contributed by atoms with Gasteiger partial charge in [-0.3, -0.25) is 4.98 Å². The lowest BCUT2D eigenvalue weighted by molar-refractivity contribution is -0.269. The summed E-state index contributed by atoms with van der Waals surface area (Å²) < 4.78 is 54.2. The Morgan fingerprint density at radius 2 is 1.77 bits per heavy atom. The second-order valence-corrected chi connectivity index (χ2v) is 7.23. The Hall–Kier alpha value is -3.33. The highest BCUT2D eigenvalue weighted by Crippen LogP contribution is 2.40. The Morgan fingerprint density at radius 1 is 1.03 bits per heavy atom. The molecule has 0 bridgehead atoms. The summed E-state index contributed by atoms with van der Waals surface area (Å²) in [5.74, 6) is -0.322. The van der Waals surface area contributed by atoms with E-state index in [1.54, 1.807) is 24.4 Å². The topological polar surface area (TPSA) is 63.8 Å². The van der Waals surface area contributed by atoms with Crippen molar-refractivity contribution in [1.29, 1.82) is 0 Å². The highest BCUT2D eigenvalue weighted by Gasteiger charge is 2.55. The minimum absolute atomic E-state index is 0.156. The van der Waals surface area contributed by atoms with E-state index in [9.17, 15) is 22.7 Å². The Balaban J connectivity index is 1.64. The van der Waals surface area contributed by atoms with E-state index in [2.05, 4.69) is 15.3 Å². The number of aromatic nitrogens is 4. The molecule has 2 aromatic carbocycles. The van der Waals surface area contributed by atoms with Crippen molar-refractivity contribution < 1.29 is 22.7 Å². The van der Waals surface area contributed by atoms with Gasteiger partial charge in [-0.1, -0.05) is 36.4 Å². The number of hydrogen-bond donors (Lipinski definition) is 1. The molecule has 5 nitrogen and oxygen atoms in total. The van der Waals surface area contributed by atoms with Gasteiger partial charge in [-0.2, -0.15) is 13.2 Å². The zero-order valence-electron chi connectivity index (χ0n) is 16.4. The van der Waals surface area contributed by atoms with E-state index >= 15 is 0 Å². The SMILES string of the molecule is CCC(O)(c1cn(Cc2ccc3c(-c4ccc(F)cc4)ccnc3c2)nn1)C(F)(F)F. The molecule has 0 amide bonds. The number of pyridine rings is 1. The fourth-order valence-electron chi connectivity index (χ4n) is 3.45. The maximum Gasteiger partial charge on any atom is 0.423 e. The van der Waals surface area contributed by atoms with E-state index in [4.69, 9.17) is 0 Å². The van der Waals surface area contributed by atoms with Gasteiger partial charge in [0.15, 0.2) is 0 Å². The molecular weight excluding hydrogens is 412 g/mol. The van der Waals surface area contributed by atoms with E-state index in [0.29, 0.717) is 5.52 Å². The molecule has 0 aliphatic carbocycles. The lowest BCUT2D eigenvalue weighted by Crippen LogP contribution is -2.42. The normalized spacial score (nSPS) is 14.0. The van der Waals surface area contributed by atoms with Crippen LogP contribution in [0.5, 0.6) is 0 Å². The number of halogens is 4. The third kappa shape index (κ3) is 3.88. The Kier molecular flexibility index (Phi) is 5.22. The molecular formula is C22H18F4N4O. The van der Waals surface area contributed by atoms with Crippen LogP contribution in [-0.4, -0.2) is 31.3 Å². The third-order valence-electron chi connectivity index (χ3n) is 5.25. The van der Waals surface area contributed by atoms with E-state index in [0.717, 1.165) is 28.3 Å². The Labute approximate surface area is 175 Å². The van der Waals surface area contributed by atoms with Crippen molar-refractivity contribution in [2.45, 2.75) is 31.7 Å². The molecule has 1 N–H and O–H groups in total. The van der Waals surface area contributed by atoms with Crippen LogP contribution in [0.3, 0.4) is 0 Å². The van der Waals surface area contributed by atoms with Crippen LogP contribution < -0.4 is 0 Å². The molecule has 0 spiro atoms. The predicted molar refractivity (Wildman–Crippen MR) is 107 cm³/mol. The van der Waals surface area contributed by atoms with E-state index in [1.807, 2.05) is 18.2 Å². The summed E-state index contributed by atoms with van der Waals surface area (Å²) in [6.07, 6.45) is -2.68. The van der Waals surface area contributed by atoms with Gasteiger partial charge in [0.05, 0.1) is 18.3 Å². The van der Waals surface area contributed by atoms with Gasteiger partial charge in [0.25, 0.3) is 0 Å². The second-order valence-electron chi connectivity index (χ2n) is 7.23. The lowest BCUT2D eigenvalue weighted by atomic mass is 9.96. The van der Waals surface area contributed by atoms with Gasteiger partial charge < -0.3 is 5.11 Å². The summed E-state index contributed by atoms with van der Waals surface area (Å²) in [6.45, 7) is 1.39. The monoisotopic (exact) mass is 430 g/mol. The van der Waals surface area contributed by atoms with Gasteiger partial charge in [-0.15, -0.1) is 5.10 Å². The average Bonchev–Trinajstić information content (AvgIpc) is 3.21. The molecule has 0 saturated carbocycles. The molecule has 4 aromatic rings. The molecule has 1 atom stereocenters. The fraction of sp³-hybridized carbons (Fsp3) is 0.227. The first-order valence-corrected chi connectivity index (χ1v) is 9.54. The summed E-state index contributed by atoms with van der Waals surface area (Å²) >= 11 is 0. The smallest absolute Gasteiger partial charge is 0.375 e. The first kappa shape index (κ1) is 20.9. The summed E-state index contributed by atoms with van der Waals surface area (Å²) in [5, 5.41) is 18.2. The van der Waals surface area contributed by atoms with Gasteiger partial charge in [0.1, 0.15) is 11.5 Å². The first-order chi connectivity index (χ1) is 14.7. The standard InChI is InChI=1S/C22H18F4N4O/c1-2-21(31,22(24,25)26)20-13-30(29-28-20)12-14-3-8-18-17(9-10-27-19(18)11-14)15-4-6-16(23)7-5-15/h3-11,13,31H,2,12H2,1H3. The molecule has 0 fully saturated rings. The number of nitrogens with zero attached hydrogens (tertiary/aromatic N) is 4. The summed E-state index contributed by atoms with van der Waals surface area (Å²) in [6, 6.07) is 13.4. The van der Waals surface area contributed by atoms with Crippen molar-refractivity contribution in [3.63, 3.8) is 0 Å². The van der Waals surface area contributed by atoms with Crippen molar-refractivity contribution in [1.82, 2.24) is 20.0 Å². The molecule has 1 unspecified atom stereocenters. The Morgan fingerprint density at radius 3 is 2.45 bits per heavy atom. The summed E-state index contributed by atoms with van der Waals surface area (Å²) in [4.78, 5) is 4.37. The summed E-state index contributed by atoms with van der Waals surface area (Å²) in [5.41, 5.74) is -0.425. The number of hydrogen-bond acceptors (Lipinski definition) is 4. The predicted octanol–water partition coefficient (Wildman–Crippen LogP) is 4.84. The molecule has 31 heavy (non-hydrogen) atoms. The van der Waals surface area contributed by atoms with Crippen LogP contribution in [0.4, 0.5) is 17.6 Å². The number of aliphatic hydroxyl groups is 1. The molecule has 2 heterocycles. The van der Waals surface area contributed by atoms with Gasteiger partial charge in [0, 0.05) is 11.6 Å². The number of fused-ring (bicyclic) bond motifs is 1. The van der Waals surface area contributed by atoms with E-state index in [1.165, 1.54) is 23.7 Å². The lowest BCUT2D eigenvalue weighted by Gasteiger charge is -2.26. The second kappa shape index (κ2) is 7.73. The average molecular weight is 430 g/mol. The molecule has 0 saturated heterocycles. The molecule has 2 aromatic heterocycles. The van der Waals surface area contributed by atoms with Crippen molar-refractivity contribution in [3.8, 4) is 11.1 Å². The van der Waals surface area contributed by atoms with Crippen molar-refractivity contribution >= 4 is 10.9 Å². The quantitative estimate of drug-likeness (QED) is 0.460. The molecule has 0 aliphatic heterocycles. The van der Waals surface area contributed by atoms with Crippen LogP contribution >= 0.6 is 0 Å². The minimum atomic E-state index is -4.85. The molecule has 0 aliphatic rings. The Bertz CT molecular complexity index is 1220. The van der Waals surface area contributed by atoms with Gasteiger partial charge in [0.2, 0.25) is 5.60 Å². The van der Waals surface area contributed by atoms with Gasteiger partial charge >= 0.3 is 6.18 Å². The van der Waals surface area contributed by atoms with Crippen LogP contribution in [0.25, 0.3) is 22.0 Å². The van der Waals surface area contributed by atoms with E-state index < -0.39 is 23.9 Å². The van der Waals surface area contributed by atoms with E-state index in [-0.39, 0.29) is 12.4 Å². The highest BCUT2D eigenvalue weighted by atomic mass is 19.4. The van der Waals surface area contributed by atoms with Crippen LogP contribution in [0.15, 0.2) is 60.9 Å². The first-order valence-electron chi connectivity index (χ1n) is 9.54. The molecule has 160 valence electrons. The van der Waals surface area contributed by atoms with Crippen LogP contribution in [0.2, 0.25) is 0 Å². The zero-order chi connectivity index (χ0) is 22.2. The van der Waals surface area contributed by atoms with Gasteiger partial charge in [-0.25, -0.2) is 9.07 Å².